The summed E-state index contributed by atoms with van der Waals surface area (Å²) in [5, 5.41) is 26.6. The quantitative estimate of drug-likeness (QED) is 0.130. The predicted octanol–water partition coefficient (Wildman–Crippen LogP) is 14.4. The normalized spacial score (nSPS) is 13.5. The van der Waals surface area contributed by atoms with Crippen molar-refractivity contribution in [1.82, 2.24) is 0 Å². The minimum atomic E-state index is -0.579. The molecule has 7 heteroatoms. The van der Waals surface area contributed by atoms with E-state index in [-0.39, 0.29) is 27.3 Å². The van der Waals surface area contributed by atoms with Crippen LogP contribution < -0.4 is 19.7 Å². The number of para-hydroxylation sites is 2. The Hall–Kier alpha value is -4.09. The van der Waals surface area contributed by atoms with E-state index in [2.05, 4.69) is 139 Å². The molecule has 59 heavy (non-hydrogen) atoms. The van der Waals surface area contributed by atoms with Crippen molar-refractivity contribution in [2.24, 2.45) is 9.98 Å². The first-order valence-corrected chi connectivity index (χ1v) is 20.9. The summed E-state index contributed by atoms with van der Waals surface area (Å²) in [6, 6.07) is 17.0. The van der Waals surface area contributed by atoms with Crippen LogP contribution in [0.3, 0.4) is 0 Å². The monoisotopic (exact) mass is 844 g/mol. The summed E-state index contributed by atoms with van der Waals surface area (Å²) in [4.78, 5) is 9.93. The van der Waals surface area contributed by atoms with Gasteiger partial charge in [-0.2, -0.15) is 0 Å². The summed E-state index contributed by atoms with van der Waals surface area (Å²) >= 11 is 0. The van der Waals surface area contributed by atoms with Gasteiger partial charge in [-0.05, 0) is 106 Å². The van der Waals surface area contributed by atoms with E-state index in [1.807, 2.05) is 47.6 Å². The van der Waals surface area contributed by atoms with E-state index in [0.717, 1.165) is 33.9 Å². The second-order valence-electron chi connectivity index (χ2n) is 20.9. The van der Waals surface area contributed by atoms with Gasteiger partial charge in [-0.1, -0.05) is 153 Å². The van der Waals surface area contributed by atoms with Gasteiger partial charge >= 0.3 is 16.5 Å². The van der Waals surface area contributed by atoms with Crippen LogP contribution in [-0.2, 0) is 38.2 Å². The minimum absolute atomic E-state index is 0. The Morgan fingerprint density at radius 1 is 0.542 bits per heavy atom. The van der Waals surface area contributed by atoms with Gasteiger partial charge < -0.3 is 19.7 Å². The number of aryl methyl sites for hydroxylation is 2. The number of aliphatic imine (C=N–C) groups is 2. The first-order valence-electron chi connectivity index (χ1n) is 20.9. The molecular formula is C52H70N2NiO4. The maximum Gasteiger partial charge on any atom is 2.00 e. The topological polar surface area (TPSA) is 89.3 Å². The average Bonchev–Trinajstić information content (AvgIpc) is 3.07. The summed E-state index contributed by atoms with van der Waals surface area (Å²) in [6.07, 6.45) is 0. The van der Waals surface area contributed by atoms with Gasteiger partial charge in [-0.3, -0.25) is 9.98 Å². The molecule has 0 radical (unpaired) electrons. The second kappa shape index (κ2) is 17.9. The molecule has 0 fully saturated rings. The van der Waals surface area contributed by atoms with Crippen LogP contribution in [-0.4, -0.2) is 11.4 Å². The maximum absolute atomic E-state index is 13.3. The summed E-state index contributed by atoms with van der Waals surface area (Å²) in [5.41, 5.74) is 10.5. The Morgan fingerprint density at radius 2 is 0.949 bits per heavy atom. The molecule has 322 valence electrons. The number of nitrogens with zero attached hydrogens (tertiary/aromatic N) is 2. The zero-order valence-electron chi connectivity index (χ0n) is 39.6. The Balaban J connectivity index is 0.000000317. The molecule has 0 amide bonds. The molecule has 1 heterocycles. The molecule has 0 bridgehead atoms. The fraction of sp³-hybridized carbons (Fsp3) is 0.500. The largest absolute Gasteiger partial charge is 2.00 e. The van der Waals surface area contributed by atoms with Crippen LogP contribution in [0.2, 0.25) is 0 Å². The number of benzene rings is 4. The average molecular weight is 846 g/mol. The Labute approximate surface area is 366 Å². The molecule has 0 saturated carbocycles. The molecule has 0 aliphatic carbocycles. The van der Waals surface area contributed by atoms with Gasteiger partial charge in [0.05, 0.1) is 22.8 Å². The van der Waals surface area contributed by atoms with Crippen LogP contribution in [0, 0.1) is 13.8 Å². The van der Waals surface area contributed by atoms with Crippen molar-refractivity contribution >= 4 is 22.8 Å². The van der Waals surface area contributed by atoms with Crippen molar-refractivity contribution in [3.05, 3.63) is 93.0 Å². The first-order chi connectivity index (χ1) is 26.5. The van der Waals surface area contributed by atoms with Gasteiger partial charge in [0.15, 0.2) is 23.0 Å². The van der Waals surface area contributed by atoms with Crippen LogP contribution in [0.5, 0.6) is 34.5 Å². The molecule has 0 aromatic heterocycles. The molecule has 1 aliphatic heterocycles. The van der Waals surface area contributed by atoms with E-state index in [1.54, 1.807) is 0 Å². The Kier molecular flexibility index (Phi) is 14.9. The summed E-state index contributed by atoms with van der Waals surface area (Å²) in [6.45, 7) is 41.7. The van der Waals surface area contributed by atoms with Crippen molar-refractivity contribution in [1.29, 1.82) is 0 Å². The fourth-order valence-corrected chi connectivity index (χ4v) is 7.32. The molecule has 1 aliphatic rings. The van der Waals surface area contributed by atoms with E-state index in [1.165, 1.54) is 22.3 Å². The fourth-order valence-electron chi connectivity index (χ4n) is 7.32. The molecule has 0 atom stereocenters. The van der Waals surface area contributed by atoms with Crippen molar-refractivity contribution < 1.29 is 36.2 Å². The third kappa shape index (κ3) is 10.8. The third-order valence-corrected chi connectivity index (χ3v) is 10.8. The number of hydrogen-bond donors (Lipinski definition) is 0. The second-order valence-corrected chi connectivity index (χ2v) is 20.9. The zero-order valence-corrected chi connectivity index (χ0v) is 40.6. The van der Waals surface area contributed by atoms with Gasteiger partial charge in [0.1, 0.15) is 0 Å². The van der Waals surface area contributed by atoms with Gasteiger partial charge in [-0.25, -0.2) is 0 Å². The third-order valence-electron chi connectivity index (χ3n) is 10.8. The number of ether oxygens (including phenoxy) is 2. The Morgan fingerprint density at radius 3 is 1.34 bits per heavy atom. The van der Waals surface area contributed by atoms with E-state index in [9.17, 15) is 10.2 Å². The minimum Gasteiger partial charge on any atom is -0.873 e. The van der Waals surface area contributed by atoms with Gasteiger partial charge in [0.2, 0.25) is 0 Å². The predicted molar refractivity (Wildman–Crippen MR) is 243 cm³/mol. The van der Waals surface area contributed by atoms with Gasteiger partial charge in [-0.15, -0.1) is 11.5 Å². The maximum atomic E-state index is 13.3. The number of rotatable bonds is 5. The van der Waals surface area contributed by atoms with Crippen LogP contribution in [0.25, 0.3) is 0 Å². The molecule has 5 rings (SSSR count). The molecule has 0 unspecified atom stereocenters. The first kappa shape index (κ1) is 49.3. The SMILES string of the molecule is CC(=Nc1c(C)cccc1C)C(C)=Nc1c(C(C)C)cccc1C(C)C.CC(C)(C)c1cc2c(c(C(C)(C)C)c1)Oc1c(c(C(C)(C)C)c([O-])c([O-])c1C(C)(C)C)O2.[Ni+2]. The summed E-state index contributed by atoms with van der Waals surface area (Å²) in [5.74, 6) is 1.86. The van der Waals surface area contributed by atoms with Crippen LogP contribution in [0.1, 0.15) is 181 Å². The molecule has 0 spiro atoms. The number of hydrogen-bond acceptors (Lipinski definition) is 6. The summed E-state index contributed by atoms with van der Waals surface area (Å²) in [7, 11) is 0. The van der Waals surface area contributed by atoms with Gasteiger partial charge in [0, 0.05) is 5.56 Å². The molecular weight excluding hydrogens is 775 g/mol. The molecule has 0 saturated heterocycles. The van der Waals surface area contributed by atoms with Crippen LogP contribution in [0.15, 0.2) is 58.5 Å². The smallest absolute Gasteiger partial charge is 0.873 e. The van der Waals surface area contributed by atoms with Gasteiger partial charge in [0.25, 0.3) is 0 Å². The van der Waals surface area contributed by atoms with Crippen molar-refractivity contribution in [3.8, 4) is 34.5 Å². The van der Waals surface area contributed by atoms with E-state index in [0.29, 0.717) is 46.0 Å². The van der Waals surface area contributed by atoms with E-state index < -0.39 is 22.3 Å². The molecule has 0 N–H and O–H groups in total. The van der Waals surface area contributed by atoms with Crippen LogP contribution >= 0.6 is 0 Å². The van der Waals surface area contributed by atoms with Crippen molar-refractivity contribution in [2.45, 2.75) is 172 Å². The zero-order chi connectivity index (χ0) is 44.0. The van der Waals surface area contributed by atoms with Crippen molar-refractivity contribution in [2.75, 3.05) is 0 Å². The molecule has 4 aromatic carbocycles. The summed E-state index contributed by atoms with van der Waals surface area (Å²) < 4.78 is 13.1. The van der Waals surface area contributed by atoms with Crippen LogP contribution in [0.4, 0.5) is 11.4 Å². The van der Waals surface area contributed by atoms with E-state index >= 15 is 0 Å². The molecule has 4 aromatic rings. The van der Waals surface area contributed by atoms with E-state index in [4.69, 9.17) is 19.5 Å². The van der Waals surface area contributed by atoms with Crippen molar-refractivity contribution in [3.63, 3.8) is 0 Å². The number of fused-ring (bicyclic) bond motifs is 2. The molecule has 6 nitrogen and oxygen atoms in total. The standard InChI is InChI=1S/C28H40O4.C24H32N2.Ni/c1-25(2,3)15-13-16(26(4,5)6)22-17(14-15)31-23-18(27(7,8)9)20(29)21(30)19(24(23)32-22)28(10,11)12;1-15(2)21-13-10-14-22(16(3)4)24(21)26-20(8)19(7)25-23-17(5)11-9-12-18(23)6;/h13-14,29-30H,1-12H3;9-16H,1-8H3;/q;;+2/p-2. The Bertz CT molecular complexity index is 2190.